The number of hydrogen-bond donors (Lipinski definition) is 1. The molecule has 1 N–H and O–H groups in total. The van der Waals surface area contributed by atoms with Gasteiger partial charge in [0.25, 0.3) is 0 Å². The lowest BCUT2D eigenvalue weighted by Crippen LogP contribution is -2.52. The smallest absolute Gasteiger partial charge is 0.234 e. The minimum absolute atomic E-state index is 0.210. The Kier molecular flexibility index (Phi) is 4.86. The third kappa shape index (κ3) is 3.50. The van der Waals surface area contributed by atoms with Gasteiger partial charge in [-0.25, -0.2) is 0 Å². The van der Waals surface area contributed by atoms with Gasteiger partial charge >= 0.3 is 0 Å². The van der Waals surface area contributed by atoms with E-state index >= 15 is 0 Å². The van der Waals surface area contributed by atoms with Crippen molar-refractivity contribution >= 4 is 17.7 Å². The number of carbonyl (C=O) groups is 1. The Morgan fingerprint density at radius 3 is 2.79 bits per heavy atom. The molecule has 0 aromatic heterocycles. The van der Waals surface area contributed by atoms with Gasteiger partial charge in [0.15, 0.2) is 0 Å². The SMILES string of the molecule is O=C(CN1CCS[C@@H]2CCCC[C@H]21)NCC1(c2ccccc2)CC1. The lowest BCUT2D eigenvalue weighted by molar-refractivity contribution is -0.123. The van der Waals surface area contributed by atoms with Crippen molar-refractivity contribution in [3.8, 4) is 0 Å². The zero-order valence-electron chi connectivity index (χ0n) is 14.4. The van der Waals surface area contributed by atoms with Crippen LogP contribution in [0.1, 0.15) is 44.1 Å². The molecule has 4 rings (SSSR count). The molecule has 2 aliphatic carbocycles. The second-order valence-corrected chi connectivity index (χ2v) is 9.00. The van der Waals surface area contributed by atoms with Crippen LogP contribution in [0.3, 0.4) is 0 Å². The largest absolute Gasteiger partial charge is 0.354 e. The number of hydrogen-bond acceptors (Lipinski definition) is 3. The maximum absolute atomic E-state index is 12.5. The van der Waals surface area contributed by atoms with Crippen LogP contribution in [-0.4, -0.2) is 47.5 Å². The van der Waals surface area contributed by atoms with Crippen LogP contribution in [0.15, 0.2) is 30.3 Å². The second-order valence-electron chi connectivity index (χ2n) is 7.65. The fourth-order valence-corrected chi connectivity index (χ4v) is 5.90. The highest BCUT2D eigenvalue weighted by molar-refractivity contribution is 8.00. The zero-order chi connectivity index (χ0) is 16.4. The molecule has 3 nitrogen and oxygen atoms in total. The summed E-state index contributed by atoms with van der Waals surface area (Å²) < 4.78 is 0. The number of benzene rings is 1. The van der Waals surface area contributed by atoms with E-state index in [1.807, 2.05) is 0 Å². The average molecular weight is 345 g/mol. The summed E-state index contributed by atoms with van der Waals surface area (Å²) in [6.45, 7) is 2.46. The van der Waals surface area contributed by atoms with Crippen LogP contribution in [-0.2, 0) is 10.2 Å². The van der Waals surface area contributed by atoms with Gasteiger partial charge < -0.3 is 5.32 Å². The van der Waals surface area contributed by atoms with Crippen molar-refractivity contribution in [2.24, 2.45) is 0 Å². The van der Waals surface area contributed by atoms with Crippen LogP contribution in [0.4, 0.5) is 0 Å². The van der Waals surface area contributed by atoms with Crippen molar-refractivity contribution in [3.63, 3.8) is 0 Å². The van der Waals surface area contributed by atoms with E-state index < -0.39 is 0 Å². The molecule has 24 heavy (non-hydrogen) atoms. The first kappa shape index (κ1) is 16.5. The summed E-state index contributed by atoms with van der Waals surface area (Å²) in [5.74, 6) is 1.40. The van der Waals surface area contributed by atoms with Crippen LogP contribution >= 0.6 is 11.8 Å². The van der Waals surface area contributed by atoms with Crippen molar-refractivity contribution in [3.05, 3.63) is 35.9 Å². The number of nitrogens with one attached hydrogen (secondary N) is 1. The number of nitrogens with zero attached hydrogens (tertiary/aromatic N) is 1. The number of rotatable bonds is 5. The van der Waals surface area contributed by atoms with Gasteiger partial charge in [0, 0.05) is 35.5 Å². The zero-order valence-corrected chi connectivity index (χ0v) is 15.2. The summed E-state index contributed by atoms with van der Waals surface area (Å²) in [7, 11) is 0. The van der Waals surface area contributed by atoms with E-state index in [-0.39, 0.29) is 11.3 Å². The van der Waals surface area contributed by atoms with Crippen molar-refractivity contribution in [2.45, 2.75) is 55.2 Å². The topological polar surface area (TPSA) is 32.3 Å². The Balaban J connectivity index is 1.31. The van der Waals surface area contributed by atoms with Gasteiger partial charge in [0.05, 0.1) is 6.54 Å². The third-order valence-corrected chi connectivity index (χ3v) is 7.45. The van der Waals surface area contributed by atoms with Crippen LogP contribution < -0.4 is 5.32 Å². The van der Waals surface area contributed by atoms with Gasteiger partial charge in [-0.2, -0.15) is 11.8 Å². The van der Waals surface area contributed by atoms with Crippen LogP contribution in [0.2, 0.25) is 0 Å². The highest BCUT2D eigenvalue weighted by Gasteiger charge is 2.44. The van der Waals surface area contributed by atoms with Gasteiger partial charge in [-0.1, -0.05) is 43.2 Å². The van der Waals surface area contributed by atoms with E-state index in [0.717, 1.165) is 18.3 Å². The fraction of sp³-hybridized carbons (Fsp3) is 0.650. The molecular weight excluding hydrogens is 316 g/mol. The van der Waals surface area contributed by atoms with Gasteiger partial charge in [-0.3, -0.25) is 9.69 Å². The Labute approximate surface area is 149 Å². The molecule has 0 unspecified atom stereocenters. The first-order chi connectivity index (χ1) is 11.8. The van der Waals surface area contributed by atoms with Crippen LogP contribution in [0.25, 0.3) is 0 Å². The summed E-state index contributed by atoms with van der Waals surface area (Å²) in [6.07, 6.45) is 7.71. The fourth-order valence-electron chi connectivity index (χ4n) is 4.39. The molecular formula is C20H28N2OS. The molecule has 0 radical (unpaired) electrons. The minimum Gasteiger partial charge on any atom is -0.354 e. The lowest BCUT2D eigenvalue weighted by atomic mass is 9.93. The van der Waals surface area contributed by atoms with E-state index in [0.29, 0.717) is 12.6 Å². The summed E-state index contributed by atoms with van der Waals surface area (Å²) in [4.78, 5) is 15.0. The van der Waals surface area contributed by atoms with Gasteiger partial charge in [0.1, 0.15) is 0 Å². The van der Waals surface area contributed by atoms with Crippen molar-refractivity contribution in [1.29, 1.82) is 0 Å². The van der Waals surface area contributed by atoms with Crippen LogP contribution in [0, 0.1) is 0 Å². The summed E-state index contributed by atoms with van der Waals surface area (Å²) in [5, 5.41) is 4.00. The number of carbonyl (C=O) groups excluding carboxylic acids is 1. The highest BCUT2D eigenvalue weighted by Crippen LogP contribution is 2.47. The predicted molar refractivity (Wildman–Crippen MR) is 100 cm³/mol. The monoisotopic (exact) mass is 344 g/mol. The molecule has 0 bridgehead atoms. The molecule has 1 amide bonds. The van der Waals surface area contributed by atoms with Crippen molar-refractivity contribution in [1.82, 2.24) is 10.2 Å². The van der Waals surface area contributed by atoms with Crippen molar-refractivity contribution in [2.75, 3.05) is 25.4 Å². The normalized spacial score (nSPS) is 28.8. The molecule has 4 heteroatoms. The maximum atomic E-state index is 12.5. The van der Waals surface area contributed by atoms with Gasteiger partial charge in [-0.05, 0) is 31.2 Å². The molecule has 1 heterocycles. The number of thioether (sulfide) groups is 1. The Morgan fingerprint density at radius 2 is 2.00 bits per heavy atom. The standard InChI is InChI=1S/C20H28N2OS/c23-19(14-22-12-13-24-18-9-5-4-8-17(18)22)21-15-20(10-11-20)16-6-2-1-3-7-16/h1-3,6-7,17-18H,4-5,8-15H2,(H,21,23)/t17-,18-/m1/s1. The summed E-state index contributed by atoms with van der Waals surface area (Å²) in [6, 6.07) is 11.3. The van der Waals surface area contributed by atoms with E-state index in [9.17, 15) is 4.79 Å². The summed E-state index contributed by atoms with van der Waals surface area (Å²) >= 11 is 2.13. The molecule has 130 valence electrons. The van der Waals surface area contributed by atoms with E-state index in [1.165, 1.54) is 49.8 Å². The molecule has 1 aromatic rings. The average Bonchev–Trinajstić information content (AvgIpc) is 3.42. The minimum atomic E-state index is 0.210. The molecule has 1 saturated heterocycles. The number of amides is 1. The third-order valence-electron chi connectivity index (χ3n) is 6.06. The van der Waals surface area contributed by atoms with Gasteiger partial charge in [-0.15, -0.1) is 0 Å². The summed E-state index contributed by atoms with van der Waals surface area (Å²) in [5.41, 5.74) is 1.59. The molecule has 2 saturated carbocycles. The predicted octanol–water partition coefficient (Wildman–Crippen LogP) is 3.19. The maximum Gasteiger partial charge on any atom is 0.234 e. The van der Waals surface area contributed by atoms with E-state index in [2.05, 4.69) is 52.3 Å². The lowest BCUT2D eigenvalue weighted by Gasteiger charge is -2.43. The first-order valence-corrected chi connectivity index (χ1v) is 10.5. The highest BCUT2D eigenvalue weighted by atomic mass is 32.2. The Morgan fingerprint density at radius 1 is 1.21 bits per heavy atom. The molecule has 1 aromatic carbocycles. The molecule has 2 atom stereocenters. The second kappa shape index (κ2) is 7.09. The Bertz CT molecular complexity index is 570. The first-order valence-electron chi connectivity index (χ1n) is 9.45. The van der Waals surface area contributed by atoms with E-state index in [4.69, 9.17) is 0 Å². The van der Waals surface area contributed by atoms with Crippen LogP contribution in [0.5, 0.6) is 0 Å². The van der Waals surface area contributed by atoms with Gasteiger partial charge in [0.2, 0.25) is 5.91 Å². The Hall–Kier alpha value is -1.00. The molecule has 3 aliphatic rings. The molecule has 0 spiro atoms. The van der Waals surface area contributed by atoms with E-state index in [1.54, 1.807) is 0 Å². The quantitative estimate of drug-likeness (QED) is 0.890. The molecule has 1 aliphatic heterocycles. The number of fused-ring (bicyclic) bond motifs is 1. The molecule has 3 fully saturated rings. The van der Waals surface area contributed by atoms with Crippen molar-refractivity contribution < 1.29 is 4.79 Å².